The van der Waals surface area contributed by atoms with Gasteiger partial charge in [0.1, 0.15) is 11.2 Å². The van der Waals surface area contributed by atoms with Gasteiger partial charge in [-0.05, 0) is 120 Å². The molecule has 1 heterocycles. The van der Waals surface area contributed by atoms with E-state index in [0.717, 1.165) is 44.7 Å². The number of para-hydroxylation sites is 1. The van der Waals surface area contributed by atoms with Crippen LogP contribution in [0, 0.1) is 0 Å². The Morgan fingerprint density at radius 3 is 1.60 bits per heavy atom. The summed E-state index contributed by atoms with van der Waals surface area (Å²) < 4.78 is 6.63. The molecule has 0 bridgehead atoms. The summed E-state index contributed by atoms with van der Waals surface area (Å²) in [6.07, 6.45) is 0. The lowest BCUT2D eigenvalue weighted by molar-refractivity contribution is 0.660. The minimum absolute atomic E-state index is 0.106. The van der Waals surface area contributed by atoms with Gasteiger partial charge in [0.2, 0.25) is 0 Å². The fourth-order valence-electron chi connectivity index (χ4n) is 10.4. The van der Waals surface area contributed by atoms with Crippen molar-refractivity contribution in [3.63, 3.8) is 0 Å². The van der Waals surface area contributed by atoms with Crippen molar-refractivity contribution >= 4 is 60.5 Å². The van der Waals surface area contributed by atoms with Crippen LogP contribution in [0.2, 0.25) is 0 Å². The second-order valence-corrected chi connectivity index (χ2v) is 17.3. The van der Waals surface area contributed by atoms with E-state index >= 15 is 0 Å². The Bertz CT molecular complexity index is 3250. The summed E-state index contributed by atoms with van der Waals surface area (Å²) in [6.45, 7) is 9.45. The molecule has 2 aliphatic carbocycles. The van der Waals surface area contributed by atoms with Gasteiger partial charge in [0.25, 0.3) is 0 Å². The number of rotatable bonds is 4. The highest BCUT2D eigenvalue weighted by molar-refractivity contribution is 6.20. The highest BCUT2D eigenvalue weighted by Gasteiger charge is 2.37. The van der Waals surface area contributed by atoms with Crippen LogP contribution in [0.5, 0.6) is 0 Å². The van der Waals surface area contributed by atoms with Crippen LogP contribution >= 0.6 is 0 Å². The Hall–Kier alpha value is -6.90. The molecule has 0 spiro atoms. The monoisotopic (exact) mass is 743 g/mol. The van der Waals surface area contributed by atoms with Gasteiger partial charge >= 0.3 is 0 Å². The van der Waals surface area contributed by atoms with Gasteiger partial charge in [0, 0.05) is 44.2 Å². The Morgan fingerprint density at radius 2 is 0.897 bits per heavy atom. The van der Waals surface area contributed by atoms with Crippen LogP contribution < -0.4 is 4.90 Å². The predicted molar refractivity (Wildman–Crippen MR) is 244 cm³/mol. The smallest absolute Gasteiger partial charge is 0.143 e. The molecular formula is C56H41NO. The fraction of sp³-hybridized carbons (Fsp3) is 0.107. The molecule has 0 atom stereocenters. The van der Waals surface area contributed by atoms with E-state index in [4.69, 9.17) is 4.42 Å². The van der Waals surface area contributed by atoms with Crippen molar-refractivity contribution in [2.45, 2.75) is 38.5 Å². The third-order valence-electron chi connectivity index (χ3n) is 13.4. The van der Waals surface area contributed by atoms with Gasteiger partial charge in [-0.3, -0.25) is 0 Å². The molecule has 2 aliphatic rings. The van der Waals surface area contributed by atoms with Crippen molar-refractivity contribution in [3.05, 3.63) is 198 Å². The van der Waals surface area contributed by atoms with E-state index in [2.05, 4.69) is 209 Å². The van der Waals surface area contributed by atoms with Gasteiger partial charge in [0.15, 0.2) is 0 Å². The first-order valence-electron chi connectivity index (χ1n) is 20.4. The van der Waals surface area contributed by atoms with Gasteiger partial charge in [0.05, 0.1) is 0 Å². The number of fused-ring (bicyclic) bond motifs is 12. The van der Waals surface area contributed by atoms with E-state index in [9.17, 15) is 0 Å². The van der Waals surface area contributed by atoms with Crippen molar-refractivity contribution in [1.82, 2.24) is 0 Å². The molecule has 0 N–H and O–H groups in total. The molecule has 10 aromatic rings. The normalized spacial score (nSPS) is 14.5. The molecule has 9 aromatic carbocycles. The third kappa shape index (κ3) is 4.60. The van der Waals surface area contributed by atoms with Crippen LogP contribution in [0.15, 0.2) is 180 Å². The summed E-state index contributed by atoms with van der Waals surface area (Å²) >= 11 is 0. The lowest BCUT2D eigenvalue weighted by atomic mass is 9.82. The molecule has 0 saturated heterocycles. The third-order valence-corrected chi connectivity index (χ3v) is 13.4. The second kappa shape index (κ2) is 11.8. The maximum Gasteiger partial charge on any atom is 0.143 e. The topological polar surface area (TPSA) is 16.4 Å². The molecule has 0 saturated carbocycles. The van der Waals surface area contributed by atoms with Gasteiger partial charge < -0.3 is 9.32 Å². The number of furan rings is 1. The maximum absolute atomic E-state index is 6.63. The molecule has 58 heavy (non-hydrogen) atoms. The van der Waals surface area contributed by atoms with Crippen LogP contribution in [-0.2, 0) is 10.8 Å². The number of nitrogens with zero attached hydrogens (tertiary/aromatic N) is 1. The Labute approximate surface area is 338 Å². The van der Waals surface area contributed by atoms with Crippen LogP contribution in [0.4, 0.5) is 17.1 Å². The zero-order chi connectivity index (χ0) is 38.9. The lowest BCUT2D eigenvalue weighted by Gasteiger charge is -2.30. The quantitative estimate of drug-likeness (QED) is 0.178. The largest absolute Gasteiger partial charge is 0.455 e. The standard InChI is InChI=1S/C56H41NO/c1-55(2)48-18-9-7-14-43(48)45-27-25-39(32-50(45)55)57(40-26-28-46-44-15-8-10-19-49(44)56(3,4)51(46)33-40)38-24-22-35-30-37(21-20-36(35)31-38)42-16-11-17-47-53-41-13-6-5-12-34(41)23-29-52(53)58-54(42)47/h5-33H,1-4H3. The Balaban J connectivity index is 1.01. The maximum atomic E-state index is 6.63. The molecule has 2 heteroatoms. The number of anilines is 3. The zero-order valence-electron chi connectivity index (χ0n) is 33.1. The molecule has 0 radical (unpaired) electrons. The van der Waals surface area contributed by atoms with Crippen molar-refractivity contribution in [3.8, 4) is 33.4 Å². The summed E-state index contributed by atoms with van der Waals surface area (Å²) in [5, 5.41) is 7.16. The summed E-state index contributed by atoms with van der Waals surface area (Å²) in [4.78, 5) is 2.46. The molecule has 0 fully saturated rings. The summed E-state index contributed by atoms with van der Waals surface area (Å²) in [5.74, 6) is 0. The fourth-order valence-corrected chi connectivity index (χ4v) is 10.4. The first-order chi connectivity index (χ1) is 28.3. The second-order valence-electron chi connectivity index (χ2n) is 17.3. The van der Waals surface area contributed by atoms with Crippen molar-refractivity contribution in [2.75, 3.05) is 4.90 Å². The van der Waals surface area contributed by atoms with Gasteiger partial charge in [-0.2, -0.15) is 0 Å². The molecule has 2 nitrogen and oxygen atoms in total. The zero-order valence-corrected chi connectivity index (χ0v) is 33.1. The van der Waals surface area contributed by atoms with E-state index in [-0.39, 0.29) is 10.8 Å². The summed E-state index contributed by atoms with van der Waals surface area (Å²) in [5.41, 5.74) is 18.2. The number of hydrogen-bond acceptors (Lipinski definition) is 2. The molecule has 276 valence electrons. The summed E-state index contributed by atoms with van der Waals surface area (Å²) in [6, 6.07) is 65.1. The van der Waals surface area contributed by atoms with Gasteiger partial charge in [-0.1, -0.05) is 155 Å². The van der Waals surface area contributed by atoms with E-state index in [1.165, 1.54) is 71.4 Å². The molecule has 12 rings (SSSR count). The van der Waals surface area contributed by atoms with Crippen LogP contribution in [-0.4, -0.2) is 0 Å². The predicted octanol–water partition coefficient (Wildman–Crippen LogP) is 15.6. The first kappa shape index (κ1) is 33.3. The van der Waals surface area contributed by atoms with Gasteiger partial charge in [-0.25, -0.2) is 0 Å². The molecule has 1 aromatic heterocycles. The first-order valence-corrected chi connectivity index (χ1v) is 20.4. The van der Waals surface area contributed by atoms with E-state index in [0.29, 0.717) is 0 Å². The van der Waals surface area contributed by atoms with Crippen molar-refractivity contribution in [1.29, 1.82) is 0 Å². The van der Waals surface area contributed by atoms with E-state index in [1.54, 1.807) is 0 Å². The summed E-state index contributed by atoms with van der Waals surface area (Å²) in [7, 11) is 0. The van der Waals surface area contributed by atoms with Gasteiger partial charge in [-0.15, -0.1) is 0 Å². The van der Waals surface area contributed by atoms with Crippen LogP contribution in [0.3, 0.4) is 0 Å². The number of benzene rings is 9. The van der Waals surface area contributed by atoms with E-state index < -0.39 is 0 Å². The molecule has 0 amide bonds. The Kier molecular flexibility index (Phi) is 6.78. The highest BCUT2D eigenvalue weighted by Crippen LogP contribution is 2.53. The molecule has 0 unspecified atom stereocenters. The van der Waals surface area contributed by atoms with Crippen LogP contribution in [0.1, 0.15) is 49.9 Å². The average Bonchev–Trinajstić information content (AvgIpc) is 3.84. The SMILES string of the molecule is CC1(C)c2ccccc2-c2ccc(N(c3ccc4c(c3)C(C)(C)c3ccccc3-4)c3ccc4cc(-c5cccc6c5oc5ccc7ccccc7c56)ccc4c3)cc21. The Morgan fingerprint density at radius 1 is 0.379 bits per heavy atom. The molecular weight excluding hydrogens is 703 g/mol. The van der Waals surface area contributed by atoms with E-state index in [1.807, 2.05) is 0 Å². The van der Waals surface area contributed by atoms with Crippen LogP contribution in [0.25, 0.3) is 76.9 Å². The van der Waals surface area contributed by atoms with Crippen molar-refractivity contribution in [2.24, 2.45) is 0 Å². The minimum Gasteiger partial charge on any atom is -0.455 e. The molecule has 0 aliphatic heterocycles. The minimum atomic E-state index is -0.106. The lowest BCUT2D eigenvalue weighted by Crippen LogP contribution is -2.18. The number of hydrogen-bond donors (Lipinski definition) is 0. The highest BCUT2D eigenvalue weighted by atomic mass is 16.3. The van der Waals surface area contributed by atoms with Crippen molar-refractivity contribution < 1.29 is 4.42 Å². The average molecular weight is 744 g/mol.